The highest BCUT2D eigenvalue weighted by Gasteiger charge is 2.54. The molecule has 1 aromatic carbocycles. The van der Waals surface area contributed by atoms with Gasteiger partial charge in [0.2, 0.25) is 0 Å². The third-order valence-electron chi connectivity index (χ3n) is 5.68. The van der Waals surface area contributed by atoms with Gasteiger partial charge < -0.3 is 9.47 Å². The van der Waals surface area contributed by atoms with Crippen LogP contribution in [0.4, 0.5) is 0 Å². The van der Waals surface area contributed by atoms with E-state index in [-0.39, 0.29) is 23.9 Å². The second-order valence-electron chi connectivity index (χ2n) is 6.65. The van der Waals surface area contributed by atoms with E-state index in [1.165, 1.54) is 38.4 Å². The summed E-state index contributed by atoms with van der Waals surface area (Å²) in [6, 6.07) is 10.4. The summed E-state index contributed by atoms with van der Waals surface area (Å²) in [6.45, 7) is 0. The summed E-state index contributed by atoms with van der Waals surface area (Å²) >= 11 is 0. The number of hydrogen-bond acceptors (Lipinski definition) is 3. The van der Waals surface area contributed by atoms with Crippen molar-refractivity contribution in [3.05, 3.63) is 35.9 Å². The minimum Gasteiger partial charge on any atom is -0.469 e. The van der Waals surface area contributed by atoms with Gasteiger partial charge in [-0.2, -0.15) is 0 Å². The topological polar surface area (TPSA) is 35.5 Å². The van der Waals surface area contributed by atoms with Crippen LogP contribution in [0.15, 0.2) is 30.3 Å². The number of methoxy groups -OCH3 is 2. The van der Waals surface area contributed by atoms with E-state index in [0.29, 0.717) is 11.8 Å². The van der Waals surface area contributed by atoms with Gasteiger partial charge in [0.1, 0.15) is 0 Å². The van der Waals surface area contributed by atoms with Gasteiger partial charge in [-0.15, -0.1) is 0 Å². The van der Waals surface area contributed by atoms with Crippen molar-refractivity contribution in [2.24, 2.45) is 17.8 Å². The second-order valence-corrected chi connectivity index (χ2v) is 6.65. The van der Waals surface area contributed by atoms with Crippen LogP contribution in [0.1, 0.15) is 43.6 Å². The molecule has 5 atom stereocenters. The zero-order valence-electron chi connectivity index (χ0n) is 13.5. The molecule has 3 nitrogen and oxygen atoms in total. The lowest BCUT2D eigenvalue weighted by atomic mass is 9.82. The molecule has 0 bridgehead atoms. The van der Waals surface area contributed by atoms with Crippen LogP contribution in [0.5, 0.6) is 0 Å². The molecule has 2 saturated carbocycles. The predicted molar refractivity (Wildman–Crippen MR) is 85.6 cm³/mol. The van der Waals surface area contributed by atoms with E-state index in [1.54, 1.807) is 7.11 Å². The Kier molecular flexibility index (Phi) is 4.82. The summed E-state index contributed by atoms with van der Waals surface area (Å²) in [6.07, 6.45) is 6.14. The van der Waals surface area contributed by atoms with E-state index >= 15 is 0 Å². The maximum Gasteiger partial charge on any atom is 0.309 e. The largest absolute Gasteiger partial charge is 0.469 e. The Morgan fingerprint density at radius 1 is 1.00 bits per heavy atom. The number of hydrogen-bond donors (Lipinski definition) is 0. The van der Waals surface area contributed by atoms with Crippen LogP contribution in [0, 0.1) is 17.8 Å². The lowest BCUT2D eigenvalue weighted by molar-refractivity contribution is -0.147. The van der Waals surface area contributed by atoms with Gasteiger partial charge in [0.25, 0.3) is 0 Å². The number of carbonyl (C=O) groups is 1. The van der Waals surface area contributed by atoms with Crippen molar-refractivity contribution in [1.29, 1.82) is 0 Å². The zero-order valence-corrected chi connectivity index (χ0v) is 13.5. The SMILES string of the molecule is COC(=O)[C@H]1[C@@H]2CCCCC[C@@H]2[C@H](OC)[C@@H]1c1ccccc1. The summed E-state index contributed by atoms with van der Waals surface area (Å²) in [4.78, 5) is 12.5. The van der Waals surface area contributed by atoms with Crippen LogP contribution < -0.4 is 0 Å². The number of esters is 1. The number of fused-ring (bicyclic) bond motifs is 1. The van der Waals surface area contributed by atoms with Crippen molar-refractivity contribution in [2.45, 2.75) is 44.1 Å². The number of carbonyl (C=O) groups excluding carboxylic acids is 1. The van der Waals surface area contributed by atoms with Crippen LogP contribution in [-0.4, -0.2) is 26.3 Å². The molecular formula is C19H26O3. The molecule has 0 aliphatic heterocycles. The molecule has 2 aliphatic rings. The highest BCUT2D eigenvalue weighted by Crippen LogP contribution is 2.53. The van der Waals surface area contributed by atoms with Gasteiger partial charge in [0.15, 0.2) is 0 Å². The van der Waals surface area contributed by atoms with Crippen LogP contribution in [0.2, 0.25) is 0 Å². The lowest BCUT2D eigenvalue weighted by Crippen LogP contribution is -2.28. The standard InChI is InChI=1S/C19H26O3/c1-21-18-15-12-8-4-7-11-14(15)17(19(20)22-2)16(18)13-9-5-3-6-10-13/h3,5-6,9-10,14-18H,4,7-8,11-12H2,1-2H3/t14-,15+,16-,17+,18+/m1/s1. The molecule has 2 aliphatic carbocycles. The summed E-state index contributed by atoms with van der Waals surface area (Å²) in [7, 11) is 3.30. The zero-order chi connectivity index (χ0) is 15.5. The number of ether oxygens (including phenoxy) is 2. The van der Waals surface area contributed by atoms with Crippen LogP contribution >= 0.6 is 0 Å². The molecule has 0 radical (unpaired) electrons. The van der Waals surface area contributed by atoms with E-state index in [1.807, 2.05) is 18.2 Å². The van der Waals surface area contributed by atoms with Gasteiger partial charge in [0, 0.05) is 13.0 Å². The molecule has 0 N–H and O–H groups in total. The van der Waals surface area contributed by atoms with Crippen molar-refractivity contribution in [2.75, 3.05) is 14.2 Å². The van der Waals surface area contributed by atoms with Crippen molar-refractivity contribution >= 4 is 5.97 Å². The summed E-state index contributed by atoms with van der Waals surface area (Å²) in [5.74, 6) is 0.851. The number of benzene rings is 1. The van der Waals surface area contributed by atoms with E-state index in [9.17, 15) is 4.79 Å². The average molecular weight is 302 g/mol. The second kappa shape index (κ2) is 6.82. The molecule has 0 heterocycles. The van der Waals surface area contributed by atoms with Crippen molar-refractivity contribution in [3.8, 4) is 0 Å². The predicted octanol–water partition coefficient (Wildman–Crippen LogP) is 3.78. The van der Waals surface area contributed by atoms with Crippen molar-refractivity contribution in [1.82, 2.24) is 0 Å². The first-order valence-corrected chi connectivity index (χ1v) is 8.43. The highest BCUT2D eigenvalue weighted by molar-refractivity contribution is 5.75. The Balaban J connectivity index is 2.01. The average Bonchev–Trinajstić information content (AvgIpc) is 2.71. The summed E-state index contributed by atoms with van der Waals surface area (Å²) in [5.41, 5.74) is 1.21. The van der Waals surface area contributed by atoms with Crippen LogP contribution in [0.25, 0.3) is 0 Å². The first kappa shape index (κ1) is 15.5. The Bertz CT molecular complexity index is 499. The molecule has 0 aromatic heterocycles. The minimum atomic E-state index is -0.0690. The van der Waals surface area contributed by atoms with Gasteiger partial charge in [-0.1, -0.05) is 49.6 Å². The van der Waals surface area contributed by atoms with Crippen LogP contribution in [0.3, 0.4) is 0 Å². The Morgan fingerprint density at radius 3 is 2.32 bits per heavy atom. The molecule has 0 spiro atoms. The minimum absolute atomic E-state index is 0.0645. The van der Waals surface area contributed by atoms with E-state index in [2.05, 4.69) is 12.1 Å². The molecule has 2 fully saturated rings. The van der Waals surface area contributed by atoms with Crippen LogP contribution in [-0.2, 0) is 14.3 Å². The molecule has 1 aromatic rings. The van der Waals surface area contributed by atoms with E-state index in [0.717, 1.165) is 6.42 Å². The molecular weight excluding hydrogens is 276 g/mol. The molecule has 3 heteroatoms. The van der Waals surface area contributed by atoms with Gasteiger partial charge >= 0.3 is 5.97 Å². The molecule has 0 saturated heterocycles. The quantitative estimate of drug-likeness (QED) is 0.797. The highest BCUT2D eigenvalue weighted by atomic mass is 16.5. The van der Waals surface area contributed by atoms with Gasteiger partial charge in [-0.3, -0.25) is 4.79 Å². The normalized spacial score (nSPS) is 34.7. The van der Waals surface area contributed by atoms with Gasteiger partial charge in [0.05, 0.1) is 19.1 Å². The Morgan fingerprint density at radius 2 is 1.68 bits per heavy atom. The Hall–Kier alpha value is -1.35. The first-order chi connectivity index (χ1) is 10.8. The first-order valence-electron chi connectivity index (χ1n) is 8.43. The fourth-order valence-corrected chi connectivity index (χ4v) is 4.81. The monoisotopic (exact) mass is 302 g/mol. The smallest absolute Gasteiger partial charge is 0.309 e. The Labute approximate surface area is 133 Å². The summed E-state index contributed by atoms with van der Waals surface area (Å²) in [5, 5.41) is 0. The van der Waals surface area contributed by atoms with Gasteiger partial charge in [-0.25, -0.2) is 0 Å². The third kappa shape index (κ3) is 2.67. The maximum absolute atomic E-state index is 12.5. The van der Waals surface area contributed by atoms with Crippen molar-refractivity contribution < 1.29 is 14.3 Å². The van der Waals surface area contributed by atoms with E-state index in [4.69, 9.17) is 9.47 Å². The third-order valence-corrected chi connectivity index (χ3v) is 5.68. The molecule has 0 unspecified atom stereocenters. The lowest BCUT2D eigenvalue weighted by Gasteiger charge is -2.25. The molecule has 0 amide bonds. The fraction of sp³-hybridized carbons (Fsp3) is 0.632. The maximum atomic E-state index is 12.5. The van der Waals surface area contributed by atoms with Gasteiger partial charge in [-0.05, 0) is 30.2 Å². The molecule has 3 rings (SSSR count). The molecule has 22 heavy (non-hydrogen) atoms. The van der Waals surface area contributed by atoms with E-state index < -0.39 is 0 Å². The number of rotatable bonds is 3. The fourth-order valence-electron chi connectivity index (χ4n) is 4.81. The summed E-state index contributed by atoms with van der Waals surface area (Å²) < 4.78 is 11.1. The van der Waals surface area contributed by atoms with Crippen molar-refractivity contribution in [3.63, 3.8) is 0 Å². The molecule has 120 valence electrons.